The first-order valence-electron chi connectivity index (χ1n) is 11.3. The highest BCUT2D eigenvalue weighted by molar-refractivity contribution is 6.32. The van der Waals surface area contributed by atoms with E-state index in [0.29, 0.717) is 27.1 Å². The van der Waals surface area contributed by atoms with Crippen LogP contribution in [0.25, 0.3) is 0 Å². The Labute approximate surface area is 219 Å². The van der Waals surface area contributed by atoms with Gasteiger partial charge in [0.15, 0.2) is 6.61 Å². The van der Waals surface area contributed by atoms with E-state index in [-0.39, 0.29) is 31.5 Å². The molecule has 8 heteroatoms. The number of carbonyl (C=O) groups excluding carboxylic acids is 2. The van der Waals surface area contributed by atoms with E-state index in [1.54, 1.807) is 54.8 Å². The third-order valence-electron chi connectivity index (χ3n) is 5.47. The topological polar surface area (TPSA) is 71.8 Å². The minimum absolute atomic E-state index is 0.162. The van der Waals surface area contributed by atoms with E-state index >= 15 is 0 Å². The first-order chi connectivity index (χ1) is 17.5. The first-order valence-corrected chi connectivity index (χ1v) is 12.0. The van der Waals surface area contributed by atoms with Gasteiger partial charge in [-0.15, -0.1) is 0 Å². The number of amides is 2. The van der Waals surface area contributed by atoms with Gasteiger partial charge in [-0.25, -0.2) is 0 Å². The third kappa shape index (κ3) is 6.68. The summed E-state index contributed by atoms with van der Waals surface area (Å²) in [6, 6.07) is 25.8. The fourth-order valence-corrected chi connectivity index (χ4v) is 4.00. The van der Waals surface area contributed by atoms with Crippen LogP contribution in [-0.2, 0) is 22.7 Å². The summed E-state index contributed by atoms with van der Waals surface area (Å²) in [6.45, 7) is 0.0516. The van der Waals surface area contributed by atoms with Crippen molar-refractivity contribution in [2.24, 2.45) is 0 Å². The van der Waals surface area contributed by atoms with Gasteiger partial charge in [0, 0.05) is 11.6 Å². The molecule has 0 fully saturated rings. The number of carbonyl (C=O) groups is 2. The average molecular weight is 523 g/mol. The van der Waals surface area contributed by atoms with Crippen molar-refractivity contribution in [3.8, 4) is 5.75 Å². The summed E-state index contributed by atoms with van der Waals surface area (Å²) < 4.78 is 11.1. The molecule has 0 spiro atoms. The maximum atomic E-state index is 13.6. The van der Waals surface area contributed by atoms with Crippen LogP contribution in [0.4, 0.5) is 0 Å². The number of furan rings is 1. The van der Waals surface area contributed by atoms with Gasteiger partial charge in [0.2, 0.25) is 5.91 Å². The second-order valence-corrected chi connectivity index (χ2v) is 8.82. The normalized spacial score (nSPS) is 11.5. The fourth-order valence-electron chi connectivity index (χ4n) is 3.69. The van der Waals surface area contributed by atoms with E-state index in [9.17, 15) is 9.59 Å². The standard InChI is InChI=1S/C28H24Cl2N2O4/c29-22-14-12-20(13-15-22)18-32(26(33)19-36-25-11-5-4-10-24(25)30)27(21-7-2-1-3-8-21)28(34)31-17-23-9-6-16-35-23/h1-16,27H,17-19H2,(H,31,34). The van der Waals surface area contributed by atoms with Crippen LogP contribution in [0.1, 0.15) is 22.9 Å². The van der Waals surface area contributed by atoms with E-state index in [2.05, 4.69) is 5.32 Å². The van der Waals surface area contributed by atoms with E-state index in [4.69, 9.17) is 32.4 Å². The molecule has 4 aromatic rings. The van der Waals surface area contributed by atoms with Crippen molar-refractivity contribution in [2.45, 2.75) is 19.1 Å². The van der Waals surface area contributed by atoms with E-state index in [0.717, 1.165) is 5.56 Å². The number of hydrogen-bond acceptors (Lipinski definition) is 4. The van der Waals surface area contributed by atoms with Gasteiger partial charge in [-0.05, 0) is 47.5 Å². The van der Waals surface area contributed by atoms with Crippen LogP contribution in [-0.4, -0.2) is 23.3 Å². The van der Waals surface area contributed by atoms with Crippen molar-refractivity contribution in [3.63, 3.8) is 0 Å². The van der Waals surface area contributed by atoms with Crippen LogP contribution in [0.3, 0.4) is 0 Å². The van der Waals surface area contributed by atoms with Crippen molar-refractivity contribution in [2.75, 3.05) is 6.61 Å². The maximum absolute atomic E-state index is 13.6. The van der Waals surface area contributed by atoms with Gasteiger partial charge < -0.3 is 19.4 Å². The van der Waals surface area contributed by atoms with Crippen molar-refractivity contribution in [1.82, 2.24) is 10.2 Å². The van der Waals surface area contributed by atoms with Gasteiger partial charge in [0.1, 0.15) is 17.6 Å². The summed E-state index contributed by atoms with van der Waals surface area (Å²) in [5, 5.41) is 3.86. The molecule has 4 rings (SSSR count). The van der Waals surface area contributed by atoms with Gasteiger partial charge >= 0.3 is 0 Å². The quantitative estimate of drug-likeness (QED) is 0.275. The molecular formula is C28H24Cl2N2O4. The summed E-state index contributed by atoms with van der Waals surface area (Å²) >= 11 is 12.3. The molecule has 1 atom stereocenters. The Kier molecular flexibility index (Phi) is 8.66. The van der Waals surface area contributed by atoms with Crippen LogP contribution >= 0.6 is 23.2 Å². The Morgan fingerprint density at radius 2 is 1.61 bits per heavy atom. The number of hydrogen-bond donors (Lipinski definition) is 1. The highest BCUT2D eigenvalue weighted by Gasteiger charge is 2.32. The van der Waals surface area contributed by atoms with Crippen LogP contribution in [0.15, 0.2) is 102 Å². The van der Waals surface area contributed by atoms with Gasteiger partial charge in [0.05, 0.1) is 17.8 Å². The minimum Gasteiger partial charge on any atom is -0.482 e. The second-order valence-electron chi connectivity index (χ2n) is 7.98. The van der Waals surface area contributed by atoms with E-state index in [1.807, 2.05) is 42.5 Å². The Balaban J connectivity index is 1.63. The van der Waals surface area contributed by atoms with Crippen molar-refractivity contribution < 1.29 is 18.7 Å². The van der Waals surface area contributed by atoms with Crippen LogP contribution in [0.2, 0.25) is 10.0 Å². The second kappa shape index (κ2) is 12.3. The molecule has 0 saturated heterocycles. The number of benzene rings is 3. The minimum atomic E-state index is -0.917. The molecule has 1 unspecified atom stereocenters. The van der Waals surface area contributed by atoms with Crippen LogP contribution in [0.5, 0.6) is 5.75 Å². The summed E-state index contributed by atoms with van der Waals surface area (Å²) in [7, 11) is 0. The molecule has 184 valence electrons. The lowest BCUT2D eigenvalue weighted by Gasteiger charge is -2.31. The highest BCUT2D eigenvalue weighted by atomic mass is 35.5. The van der Waals surface area contributed by atoms with Gasteiger partial charge in [-0.2, -0.15) is 0 Å². The molecule has 0 saturated carbocycles. The predicted octanol–water partition coefficient (Wildman–Crippen LogP) is 6.05. The number of nitrogens with one attached hydrogen (secondary N) is 1. The SMILES string of the molecule is O=C(NCc1ccco1)C(c1ccccc1)N(Cc1ccc(Cl)cc1)C(=O)COc1ccccc1Cl. The smallest absolute Gasteiger partial charge is 0.261 e. The molecule has 0 aliphatic rings. The highest BCUT2D eigenvalue weighted by Crippen LogP contribution is 2.27. The van der Waals surface area contributed by atoms with E-state index < -0.39 is 6.04 Å². The van der Waals surface area contributed by atoms with Crippen LogP contribution in [0, 0.1) is 0 Å². The number of para-hydroxylation sites is 1. The lowest BCUT2D eigenvalue weighted by molar-refractivity contribution is -0.143. The van der Waals surface area contributed by atoms with Gasteiger partial charge in [-0.1, -0.05) is 77.8 Å². The Morgan fingerprint density at radius 1 is 0.889 bits per heavy atom. The molecular weight excluding hydrogens is 499 g/mol. The lowest BCUT2D eigenvalue weighted by atomic mass is 10.0. The molecule has 1 aromatic heterocycles. The molecule has 36 heavy (non-hydrogen) atoms. The molecule has 1 N–H and O–H groups in total. The zero-order chi connectivity index (χ0) is 25.3. The van der Waals surface area contributed by atoms with Crippen molar-refractivity contribution >= 4 is 35.0 Å². The third-order valence-corrected chi connectivity index (χ3v) is 6.03. The molecule has 0 aliphatic carbocycles. The van der Waals surface area contributed by atoms with Crippen LogP contribution < -0.4 is 10.1 Å². The molecule has 0 aliphatic heterocycles. The molecule has 0 bridgehead atoms. The lowest BCUT2D eigenvalue weighted by Crippen LogP contribution is -2.45. The number of halogens is 2. The average Bonchev–Trinajstić information content (AvgIpc) is 3.42. The van der Waals surface area contributed by atoms with Crippen molar-refractivity contribution in [3.05, 3.63) is 124 Å². The Bertz CT molecular complexity index is 1280. The monoisotopic (exact) mass is 522 g/mol. The molecule has 2 amide bonds. The number of nitrogens with zero attached hydrogens (tertiary/aromatic N) is 1. The zero-order valence-electron chi connectivity index (χ0n) is 19.3. The summed E-state index contributed by atoms with van der Waals surface area (Å²) in [5.41, 5.74) is 1.47. The molecule has 6 nitrogen and oxygen atoms in total. The first kappa shape index (κ1) is 25.4. The molecule has 3 aromatic carbocycles. The summed E-state index contributed by atoms with van der Waals surface area (Å²) in [4.78, 5) is 28.6. The van der Waals surface area contributed by atoms with Gasteiger partial charge in [-0.3, -0.25) is 9.59 Å². The summed E-state index contributed by atoms with van der Waals surface area (Å²) in [5.74, 6) is 0.259. The largest absolute Gasteiger partial charge is 0.482 e. The predicted molar refractivity (Wildman–Crippen MR) is 139 cm³/mol. The molecule has 1 heterocycles. The summed E-state index contributed by atoms with van der Waals surface area (Å²) in [6.07, 6.45) is 1.54. The zero-order valence-corrected chi connectivity index (χ0v) is 20.8. The molecule has 0 radical (unpaired) electrons. The fraction of sp³-hybridized carbons (Fsp3) is 0.143. The van der Waals surface area contributed by atoms with E-state index in [1.165, 1.54) is 4.90 Å². The number of ether oxygens (including phenoxy) is 1. The number of rotatable bonds is 10. The van der Waals surface area contributed by atoms with Crippen molar-refractivity contribution in [1.29, 1.82) is 0 Å². The Hall–Kier alpha value is -3.74. The maximum Gasteiger partial charge on any atom is 0.261 e. The van der Waals surface area contributed by atoms with Gasteiger partial charge in [0.25, 0.3) is 5.91 Å². The Morgan fingerprint density at radius 3 is 2.31 bits per heavy atom.